The van der Waals surface area contributed by atoms with Gasteiger partial charge < -0.3 is 15.4 Å². The lowest BCUT2D eigenvalue weighted by molar-refractivity contribution is 0.0840. The summed E-state index contributed by atoms with van der Waals surface area (Å²) in [4.78, 5) is 18.1. The van der Waals surface area contributed by atoms with E-state index in [0.717, 1.165) is 16.9 Å². The molecule has 2 N–H and O–H groups in total. The van der Waals surface area contributed by atoms with Gasteiger partial charge in [-0.05, 0) is 31.5 Å². The molecule has 0 fully saturated rings. The SMILES string of the molecule is CN=C/C(=C\N)N(C)C(=O)c1ccc(-n2cc(C)c(C)n2)cc1OC. The monoisotopic (exact) mass is 341 g/mol. The Kier molecular flexibility index (Phi) is 5.59. The Hall–Kier alpha value is -3.09. The van der Waals surface area contributed by atoms with Crippen LogP contribution in [0.1, 0.15) is 21.6 Å². The summed E-state index contributed by atoms with van der Waals surface area (Å²) in [7, 11) is 4.78. The Balaban J connectivity index is 2.40. The van der Waals surface area contributed by atoms with Crippen molar-refractivity contribution in [2.24, 2.45) is 10.7 Å². The highest BCUT2D eigenvalue weighted by molar-refractivity contribution is 6.00. The summed E-state index contributed by atoms with van der Waals surface area (Å²) in [5, 5.41) is 4.45. The molecule has 7 heteroatoms. The molecule has 0 aliphatic rings. The highest BCUT2D eigenvalue weighted by atomic mass is 16.5. The standard InChI is InChI=1S/C18H23N5O2/c1-12-11-23(21-13(12)2)14-6-7-16(17(8-14)25-5)18(24)22(4)15(9-19)10-20-3/h6-11H,19H2,1-5H3/b15-9+,20-10?. The van der Waals surface area contributed by atoms with Gasteiger partial charge in [0.25, 0.3) is 5.91 Å². The zero-order valence-electron chi connectivity index (χ0n) is 15.1. The Bertz CT molecular complexity index is 816. The number of amides is 1. The summed E-state index contributed by atoms with van der Waals surface area (Å²) in [6, 6.07) is 5.33. The normalized spacial score (nSPS) is 11.8. The number of nitrogens with zero attached hydrogens (tertiary/aromatic N) is 4. The second kappa shape index (κ2) is 7.65. The number of carbonyl (C=O) groups excluding carboxylic acids is 1. The summed E-state index contributed by atoms with van der Waals surface area (Å²) < 4.78 is 7.18. The molecule has 7 nitrogen and oxygen atoms in total. The molecular formula is C18H23N5O2. The smallest absolute Gasteiger partial charge is 0.261 e. The van der Waals surface area contributed by atoms with E-state index >= 15 is 0 Å². The number of carbonyl (C=O) groups is 1. The van der Waals surface area contributed by atoms with Gasteiger partial charge in [0.15, 0.2) is 0 Å². The van der Waals surface area contributed by atoms with E-state index in [1.165, 1.54) is 24.4 Å². The minimum Gasteiger partial charge on any atom is -0.496 e. The third-order valence-electron chi connectivity index (χ3n) is 3.95. The van der Waals surface area contributed by atoms with Gasteiger partial charge in [-0.1, -0.05) is 0 Å². The lowest BCUT2D eigenvalue weighted by atomic mass is 10.1. The molecule has 0 saturated carbocycles. The van der Waals surface area contributed by atoms with E-state index in [2.05, 4.69) is 10.1 Å². The van der Waals surface area contributed by atoms with Crippen LogP contribution < -0.4 is 10.5 Å². The first-order chi connectivity index (χ1) is 11.9. The number of aromatic nitrogens is 2. The van der Waals surface area contributed by atoms with E-state index in [0.29, 0.717) is 17.0 Å². The van der Waals surface area contributed by atoms with Crippen LogP contribution in [0.2, 0.25) is 0 Å². The lowest BCUT2D eigenvalue weighted by Crippen LogP contribution is -2.28. The van der Waals surface area contributed by atoms with Crippen molar-refractivity contribution in [2.45, 2.75) is 13.8 Å². The van der Waals surface area contributed by atoms with Crippen LogP contribution in [-0.2, 0) is 0 Å². The van der Waals surface area contributed by atoms with Crippen LogP contribution in [0, 0.1) is 13.8 Å². The number of ether oxygens (including phenoxy) is 1. The average Bonchev–Trinajstić information content (AvgIpc) is 2.96. The van der Waals surface area contributed by atoms with Crippen LogP contribution in [0.25, 0.3) is 5.69 Å². The predicted molar refractivity (Wildman–Crippen MR) is 98.4 cm³/mol. The third kappa shape index (κ3) is 3.71. The zero-order valence-corrected chi connectivity index (χ0v) is 15.1. The molecule has 1 aromatic carbocycles. The number of aryl methyl sites for hydroxylation is 2. The van der Waals surface area contributed by atoms with Crippen molar-refractivity contribution < 1.29 is 9.53 Å². The third-order valence-corrected chi connectivity index (χ3v) is 3.95. The van der Waals surface area contributed by atoms with Gasteiger partial charge in [0, 0.05) is 38.8 Å². The topological polar surface area (TPSA) is 85.7 Å². The van der Waals surface area contributed by atoms with Gasteiger partial charge in [0.1, 0.15) is 5.75 Å². The van der Waals surface area contributed by atoms with Gasteiger partial charge >= 0.3 is 0 Å². The maximum absolute atomic E-state index is 12.8. The van der Waals surface area contributed by atoms with E-state index in [4.69, 9.17) is 10.5 Å². The molecule has 2 rings (SSSR count). The number of methoxy groups -OCH3 is 1. The highest BCUT2D eigenvalue weighted by Gasteiger charge is 2.19. The molecule has 25 heavy (non-hydrogen) atoms. The molecule has 2 aromatic rings. The quantitative estimate of drug-likeness (QED) is 0.844. The van der Waals surface area contributed by atoms with E-state index < -0.39 is 0 Å². The van der Waals surface area contributed by atoms with Crippen LogP contribution in [0.3, 0.4) is 0 Å². The molecule has 0 spiro atoms. The fraction of sp³-hybridized carbons (Fsp3) is 0.278. The number of aliphatic imine (C=N–C) groups is 1. The average molecular weight is 341 g/mol. The van der Waals surface area contributed by atoms with Crippen molar-refractivity contribution in [3.63, 3.8) is 0 Å². The van der Waals surface area contributed by atoms with Crippen molar-refractivity contribution in [1.29, 1.82) is 0 Å². The van der Waals surface area contributed by atoms with Gasteiger partial charge in [0.2, 0.25) is 0 Å². The number of benzene rings is 1. The van der Waals surface area contributed by atoms with E-state index in [1.54, 1.807) is 30.9 Å². The van der Waals surface area contributed by atoms with E-state index in [-0.39, 0.29) is 5.91 Å². The molecule has 0 atom stereocenters. The summed E-state index contributed by atoms with van der Waals surface area (Å²) in [6.45, 7) is 3.95. The Morgan fingerprint density at radius 1 is 1.40 bits per heavy atom. The van der Waals surface area contributed by atoms with E-state index in [9.17, 15) is 4.79 Å². The highest BCUT2D eigenvalue weighted by Crippen LogP contribution is 2.24. The predicted octanol–water partition coefficient (Wildman–Crippen LogP) is 2.07. The second-order valence-electron chi connectivity index (χ2n) is 5.57. The van der Waals surface area contributed by atoms with Crippen LogP contribution in [-0.4, -0.2) is 48.0 Å². The first-order valence-electron chi connectivity index (χ1n) is 7.76. The number of rotatable bonds is 5. The van der Waals surface area contributed by atoms with Gasteiger partial charge in [-0.2, -0.15) is 5.10 Å². The van der Waals surface area contributed by atoms with Crippen LogP contribution >= 0.6 is 0 Å². The number of hydrogen-bond acceptors (Lipinski definition) is 5. The summed E-state index contributed by atoms with van der Waals surface area (Å²) in [5.74, 6) is 0.220. The molecule has 0 aliphatic heterocycles. The molecule has 1 aromatic heterocycles. The molecule has 0 radical (unpaired) electrons. The minimum atomic E-state index is -0.243. The summed E-state index contributed by atoms with van der Waals surface area (Å²) in [5.41, 5.74) is 9.36. The van der Waals surface area contributed by atoms with Crippen molar-refractivity contribution in [1.82, 2.24) is 14.7 Å². The van der Waals surface area contributed by atoms with Crippen LogP contribution in [0.4, 0.5) is 0 Å². The molecule has 1 heterocycles. The summed E-state index contributed by atoms with van der Waals surface area (Å²) in [6.07, 6.45) is 4.79. The molecular weight excluding hydrogens is 318 g/mol. The number of allylic oxidation sites excluding steroid dienone is 1. The maximum Gasteiger partial charge on any atom is 0.261 e. The van der Waals surface area contributed by atoms with Gasteiger partial charge in [0.05, 0.1) is 29.8 Å². The molecule has 132 valence electrons. The van der Waals surface area contributed by atoms with E-state index in [1.807, 2.05) is 26.1 Å². The molecule has 1 amide bonds. The molecule has 0 saturated heterocycles. The van der Waals surface area contributed by atoms with Crippen LogP contribution in [0.5, 0.6) is 5.75 Å². The Morgan fingerprint density at radius 2 is 2.12 bits per heavy atom. The van der Waals surface area contributed by atoms with Gasteiger partial charge in [-0.25, -0.2) is 4.68 Å². The zero-order chi connectivity index (χ0) is 18.6. The largest absolute Gasteiger partial charge is 0.496 e. The first kappa shape index (κ1) is 18.3. The Labute approximate surface area is 147 Å². The second-order valence-corrected chi connectivity index (χ2v) is 5.57. The molecule has 0 bridgehead atoms. The number of hydrogen-bond donors (Lipinski definition) is 1. The lowest BCUT2D eigenvalue weighted by Gasteiger charge is -2.19. The Morgan fingerprint density at radius 3 is 2.64 bits per heavy atom. The molecule has 0 aliphatic carbocycles. The molecule has 0 unspecified atom stereocenters. The fourth-order valence-electron chi connectivity index (χ4n) is 2.35. The van der Waals surface area contributed by atoms with Crippen molar-refractivity contribution in [3.8, 4) is 11.4 Å². The van der Waals surface area contributed by atoms with Gasteiger partial charge in [-0.3, -0.25) is 9.79 Å². The minimum absolute atomic E-state index is 0.243. The van der Waals surface area contributed by atoms with Crippen molar-refractivity contribution >= 4 is 12.1 Å². The fourth-order valence-corrected chi connectivity index (χ4v) is 2.35. The van der Waals surface area contributed by atoms with Gasteiger partial charge in [-0.15, -0.1) is 0 Å². The van der Waals surface area contributed by atoms with Crippen molar-refractivity contribution in [2.75, 3.05) is 21.2 Å². The van der Waals surface area contributed by atoms with Crippen molar-refractivity contribution in [3.05, 3.63) is 53.1 Å². The number of nitrogens with two attached hydrogens (primary N) is 1. The first-order valence-corrected chi connectivity index (χ1v) is 7.76. The summed E-state index contributed by atoms with van der Waals surface area (Å²) >= 11 is 0. The maximum atomic E-state index is 12.8. The van der Waals surface area contributed by atoms with Crippen LogP contribution in [0.15, 0.2) is 41.3 Å².